The molecule has 5 nitrogen and oxygen atoms in total. The molecule has 0 unspecified atom stereocenters. The third-order valence-electron chi connectivity index (χ3n) is 1.18. The van der Waals surface area contributed by atoms with Crippen LogP contribution in [0.25, 0.3) is 0 Å². The van der Waals surface area contributed by atoms with Crippen molar-refractivity contribution in [1.29, 1.82) is 0 Å². The molecule has 0 amide bonds. The fraction of sp³-hybridized carbons (Fsp3) is 0.250. The summed E-state index contributed by atoms with van der Waals surface area (Å²) in [4.78, 5) is 0. The van der Waals surface area contributed by atoms with Gasteiger partial charge >= 0.3 is 0 Å². The molecule has 6 heteroatoms. The second kappa shape index (κ2) is 5.46. The first-order valence-corrected chi connectivity index (χ1v) is 5.41. The van der Waals surface area contributed by atoms with E-state index in [0.717, 1.165) is 13.4 Å². The second-order valence-corrected chi connectivity index (χ2v) is 4.10. The van der Waals surface area contributed by atoms with Gasteiger partial charge in [-0.1, -0.05) is 12.1 Å². The smallest absolute Gasteiger partial charge is 0.264 e. The number of hydrogen-bond donors (Lipinski definition) is 2. The Labute approximate surface area is 82.7 Å². The number of benzene rings is 1. The number of phenols is 2. The quantitative estimate of drug-likeness (QED) is 0.537. The van der Waals surface area contributed by atoms with Crippen LogP contribution in [0.1, 0.15) is 0 Å². The Kier molecular flexibility index (Phi) is 4.96. The van der Waals surface area contributed by atoms with Crippen molar-refractivity contribution < 1.29 is 22.8 Å². The summed E-state index contributed by atoms with van der Waals surface area (Å²) in [6, 6.07) is 6.15. The van der Waals surface area contributed by atoms with E-state index in [4.69, 9.17) is 10.2 Å². The van der Waals surface area contributed by atoms with E-state index in [9.17, 15) is 8.42 Å². The van der Waals surface area contributed by atoms with Gasteiger partial charge in [0.25, 0.3) is 10.1 Å². The highest BCUT2D eigenvalue weighted by Crippen LogP contribution is 2.21. The SMILES string of the molecule is COS(C)(=O)=O.Oc1ccccc1O. The highest BCUT2D eigenvalue weighted by atomic mass is 32.2. The van der Waals surface area contributed by atoms with Crippen LogP contribution in [0, 0.1) is 0 Å². The molecule has 80 valence electrons. The van der Waals surface area contributed by atoms with Gasteiger partial charge in [-0.05, 0) is 12.1 Å². The van der Waals surface area contributed by atoms with Crippen molar-refractivity contribution in [1.82, 2.24) is 0 Å². The van der Waals surface area contributed by atoms with Crippen LogP contribution in [0.4, 0.5) is 0 Å². The standard InChI is InChI=1S/C6H6O2.C2H6O3S/c7-5-3-1-2-4-6(5)8;1-5-6(2,3)4/h1-4,7-8H;1-2H3. The molecule has 0 radical (unpaired) electrons. The van der Waals surface area contributed by atoms with Gasteiger partial charge in [0.2, 0.25) is 0 Å². The fourth-order valence-electron chi connectivity index (χ4n) is 0.464. The van der Waals surface area contributed by atoms with Crippen LogP contribution in [0.3, 0.4) is 0 Å². The lowest BCUT2D eigenvalue weighted by Crippen LogP contribution is -1.95. The van der Waals surface area contributed by atoms with E-state index >= 15 is 0 Å². The Morgan fingerprint density at radius 1 is 1.14 bits per heavy atom. The molecule has 0 spiro atoms. The van der Waals surface area contributed by atoms with Crippen molar-refractivity contribution in [2.45, 2.75) is 0 Å². The Hall–Kier alpha value is -1.27. The lowest BCUT2D eigenvalue weighted by Gasteiger charge is -1.91. The zero-order valence-corrected chi connectivity index (χ0v) is 8.65. The van der Waals surface area contributed by atoms with Crippen LogP contribution in [0.15, 0.2) is 24.3 Å². The summed E-state index contributed by atoms with van der Waals surface area (Å²) in [7, 11) is -2.04. The molecule has 2 N–H and O–H groups in total. The normalized spacial score (nSPS) is 10.1. The van der Waals surface area contributed by atoms with Crippen molar-refractivity contribution in [3.8, 4) is 11.5 Å². The summed E-state index contributed by atoms with van der Waals surface area (Å²) in [5.74, 6) is -0.153. The average Bonchev–Trinajstić information content (AvgIpc) is 2.10. The van der Waals surface area contributed by atoms with E-state index in [0.29, 0.717) is 0 Å². The van der Waals surface area contributed by atoms with E-state index in [-0.39, 0.29) is 11.5 Å². The molecule has 0 heterocycles. The summed E-state index contributed by atoms with van der Waals surface area (Å²) >= 11 is 0. The minimum atomic E-state index is -3.16. The van der Waals surface area contributed by atoms with Crippen LogP contribution in [0.5, 0.6) is 11.5 Å². The van der Waals surface area contributed by atoms with Crippen LogP contribution in [-0.4, -0.2) is 32.0 Å². The molecule has 0 aliphatic rings. The molecule has 0 atom stereocenters. The summed E-state index contributed by atoms with van der Waals surface area (Å²) in [5, 5.41) is 17.3. The molecule has 0 fully saturated rings. The van der Waals surface area contributed by atoms with Crippen molar-refractivity contribution in [3.63, 3.8) is 0 Å². The number of para-hydroxylation sites is 2. The molecule has 1 rings (SSSR count). The molecule has 1 aromatic rings. The van der Waals surface area contributed by atoms with Crippen LogP contribution in [0.2, 0.25) is 0 Å². The summed E-state index contributed by atoms with van der Waals surface area (Å²) in [6.07, 6.45) is 0.993. The van der Waals surface area contributed by atoms with Gasteiger partial charge in [-0.3, -0.25) is 4.18 Å². The van der Waals surface area contributed by atoms with Crippen LogP contribution < -0.4 is 0 Å². The zero-order valence-electron chi connectivity index (χ0n) is 7.84. The van der Waals surface area contributed by atoms with Crippen molar-refractivity contribution in [2.24, 2.45) is 0 Å². The lowest BCUT2D eigenvalue weighted by molar-refractivity contribution is 0.403. The molecule has 0 saturated carbocycles. The van der Waals surface area contributed by atoms with Crippen molar-refractivity contribution in [3.05, 3.63) is 24.3 Å². The summed E-state index contributed by atoms with van der Waals surface area (Å²) in [5.41, 5.74) is 0. The molecule has 0 aliphatic carbocycles. The minimum Gasteiger partial charge on any atom is -0.504 e. The van der Waals surface area contributed by atoms with Gasteiger partial charge in [-0.2, -0.15) is 8.42 Å². The number of hydrogen-bond acceptors (Lipinski definition) is 5. The summed E-state index contributed by atoms with van der Waals surface area (Å²) < 4.78 is 23.5. The van der Waals surface area contributed by atoms with E-state index < -0.39 is 10.1 Å². The second-order valence-electron chi connectivity index (χ2n) is 2.36. The third-order valence-corrected chi connectivity index (χ3v) is 1.79. The highest BCUT2D eigenvalue weighted by Gasteiger charge is 1.91. The largest absolute Gasteiger partial charge is 0.504 e. The predicted octanol–water partition coefficient (Wildman–Crippen LogP) is 0.690. The summed E-state index contributed by atoms with van der Waals surface area (Å²) in [6.45, 7) is 0. The first-order valence-electron chi connectivity index (χ1n) is 3.59. The van der Waals surface area contributed by atoms with Crippen LogP contribution >= 0.6 is 0 Å². The first kappa shape index (κ1) is 12.7. The van der Waals surface area contributed by atoms with Gasteiger partial charge in [-0.25, -0.2) is 0 Å². The maximum absolute atomic E-state index is 9.78. The van der Waals surface area contributed by atoms with Gasteiger partial charge < -0.3 is 10.2 Å². The first-order chi connectivity index (χ1) is 6.37. The molecule has 0 bridgehead atoms. The number of rotatable bonds is 1. The molecule has 0 aromatic heterocycles. The monoisotopic (exact) mass is 220 g/mol. The molecule has 0 saturated heterocycles. The minimum absolute atomic E-state index is 0.0764. The van der Waals surface area contributed by atoms with Gasteiger partial charge in [0.1, 0.15) is 0 Å². The van der Waals surface area contributed by atoms with Gasteiger partial charge in [-0.15, -0.1) is 0 Å². The Morgan fingerprint density at radius 2 is 1.43 bits per heavy atom. The van der Waals surface area contributed by atoms with Crippen molar-refractivity contribution in [2.75, 3.05) is 13.4 Å². The third kappa shape index (κ3) is 6.27. The van der Waals surface area contributed by atoms with Gasteiger partial charge in [0, 0.05) is 0 Å². The molecular formula is C8H12O5S. The van der Waals surface area contributed by atoms with Gasteiger partial charge in [0.15, 0.2) is 11.5 Å². The van der Waals surface area contributed by atoms with E-state index in [1.165, 1.54) is 12.1 Å². The Balaban J connectivity index is 0.000000255. The molecular weight excluding hydrogens is 208 g/mol. The lowest BCUT2D eigenvalue weighted by atomic mass is 10.3. The van der Waals surface area contributed by atoms with Crippen LogP contribution in [-0.2, 0) is 14.3 Å². The van der Waals surface area contributed by atoms with E-state index in [1.807, 2.05) is 0 Å². The van der Waals surface area contributed by atoms with Gasteiger partial charge in [0.05, 0.1) is 13.4 Å². The maximum atomic E-state index is 9.78. The zero-order chi connectivity index (χ0) is 11.2. The van der Waals surface area contributed by atoms with E-state index in [2.05, 4.69) is 4.18 Å². The Morgan fingerprint density at radius 3 is 1.57 bits per heavy atom. The van der Waals surface area contributed by atoms with E-state index in [1.54, 1.807) is 12.1 Å². The predicted molar refractivity (Wildman–Crippen MR) is 51.6 cm³/mol. The molecule has 1 aromatic carbocycles. The topological polar surface area (TPSA) is 83.8 Å². The number of aromatic hydroxyl groups is 2. The average molecular weight is 220 g/mol. The highest BCUT2D eigenvalue weighted by molar-refractivity contribution is 7.85. The molecule has 0 aliphatic heterocycles. The maximum Gasteiger partial charge on any atom is 0.264 e. The Bertz CT molecular complexity index is 350. The van der Waals surface area contributed by atoms with Crippen molar-refractivity contribution >= 4 is 10.1 Å². The molecule has 14 heavy (non-hydrogen) atoms. The number of phenolic OH excluding ortho intramolecular Hbond substituents is 2. The fourth-order valence-corrected chi connectivity index (χ4v) is 0.464.